The van der Waals surface area contributed by atoms with Crippen molar-refractivity contribution in [2.45, 2.75) is 6.04 Å². The number of aliphatic hydroxyl groups excluding tert-OH is 1. The van der Waals surface area contributed by atoms with Crippen molar-refractivity contribution in [3.63, 3.8) is 0 Å². The second-order valence-corrected chi connectivity index (χ2v) is 3.82. The van der Waals surface area contributed by atoms with Crippen LogP contribution in [0.1, 0.15) is 0 Å². The summed E-state index contributed by atoms with van der Waals surface area (Å²) in [6, 6.07) is 5.03. The lowest BCUT2D eigenvalue weighted by Crippen LogP contribution is -2.45. The number of carboxylic acid groups (broad SMARTS) is 1. The Morgan fingerprint density at radius 3 is 2.44 bits per heavy atom. The number of amides is 1. The number of carbonyl (C=O) groups is 2. The number of hydrogen-bond acceptors (Lipinski definition) is 4. The first kappa shape index (κ1) is 14.3. The van der Waals surface area contributed by atoms with Crippen molar-refractivity contribution in [3.05, 3.63) is 29.3 Å². The molecule has 0 unspecified atom stereocenters. The fourth-order valence-corrected chi connectivity index (χ4v) is 1.23. The summed E-state index contributed by atoms with van der Waals surface area (Å²) in [6.07, 6.45) is 0. The summed E-state index contributed by atoms with van der Waals surface area (Å²) in [4.78, 5) is 21.9. The van der Waals surface area contributed by atoms with Crippen LogP contribution in [0.15, 0.2) is 24.3 Å². The van der Waals surface area contributed by atoms with Gasteiger partial charge in [-0.3, -0.25) is 4.79 Å². The lowest BCUT2D eigenvalue weighted by Gasteiger charge is -2.12. The van der Waals surface area contributed by atoms with Gasteiger partial charge in [-0.2, -0.15) is 0 Å². The molecule has 1 aromatic carbocycles. The fourth-order valence-electron chi connectivity index (χ4n) is 1.10. The highest BCUT2D eigenvalue weighted by Gasteiger charge is 2.18. The van der Waals surface area contributed by atoms with Gasteiger partial charge in [0, 0.05) is 5.02 Å². The number of ether oxygens (including phenoxy) is 1. The molecular formula is C11H12ClNO5. The minimum absolute atomic E-state index is 0.342. The smallest absolute Gasteiger partial charge is 0.328 e. The molecule has 0 aliphatic rings. The van der Waals surface area contributed by atoms with Crippen LogP contribution in [0.4, 0.5) is 0 Å². The fraction of sp³-hybridized carbons (Fsp3) is 0.273. The van der Waals surface area contributed by atoms with Gasteiger partial charge in [0.1, 0.15) is 11.8 Å². The number of aliphatic carboxylic acids is 1. The zero-order chi connectivity index (χ0) is 13.5. The van der Waals surface area contributed by atoms with E-state index in [1.165, 1.54) is 0 Å². The lowest BCUT2D eigenvalue weighted by molar-refractivity contribution is -0.143. The zero-order valence-corrected chi connectivity index (χ0v) is 10.1. The largest absolute Gasteiger partial charge is 0.484 e. The molecule has 1 atom stereocenters. The van der Waals surface area contributed by atoms with E-state index in [1.807, 2.05) is 0 Å². The lowest BCUT2D eigenvalue weighted by atomic mass is 10.3. The van der Waals surface area contributed by atoms with Gasteiger partial charge in [0.05, 0.1) is 6.61 Å². The minimum atomic E-state index is -1.33. The van der Waals surface area contributed by atoms with Crippen molar-refractivity contribution in [3.8, 4) is 5.75 Å². The Hall–Kier alpha value is -1.79. The number of carboxylic acids is 1. The van der Waals surface area contributed by atoms with Crippen molar-refractivity contribution in [2.75, 3.05) is 13.2 Å². The summed E-state index contributed by atoms with van der Waals surface area (Å²) < 4.78 is 5.10. The van der Waals surface area contributed by atoms with Crippen molar-refractivity contribution < 1.29 is 24.5 Å². The maximum Gasteiger partial charge on any atom is 0.328 e. The maximum absolute atomic E-state index is 11.3. The first-order valence-electron chi connectivity index (χ1n) is 5.04. The van der Waals surface area contributed by atoms with Crippen molar-refractivity contribution in [1.29, 1.82) is 0 Å². The summed E-state index contributed by atoms with van der Waals surface area (Å²) in [5, 5.41) is 20.0. The molecule has 1 amide bonds. The number of carbonyl (C=O) groups excluding carboxylic acids is 1. The molecule has 7 heteroatoms. The Kier molecular flexibility index (Phi) is 5.41. The summed E-state index contributed by atoms with van der Waals surface area (Å²) in [5.74, 6) is -1.51. The molecule has 98 valence electrons. The van der Waals surface area contributed by atoms with Gasteiger partial charge in [-0.25, -0.2) is 4.79 Å². The van der Waals surface area contributed by atoms with Gasteiger partial charge in [-0.1, -0.05) is 11.6 Å². The third kappa shape index (κ3) is 4.60. The molecular weight excluding hydrogens is 262 g/mol. The Morgan fingerprint density at radius 1 is 1.33 bits per heavy atom. The number of rotatable bonds is 6. The van der Waals surface area contributed by atoms with E-state index in [9.17, 15) is 9.59 Å². The van der Waals surface area contributed by atoms with Crippen LogP contribution < -0.4 is 10.1 Å². The molecule has 0 heterocycles. The number of nitrogens with one attached hydrogen (secondary N) is 1. The van der Waals surface area contributed by atoms with Crippen LogP contribution in [-0.4, -0.2) is 41.3 Å². The first-order chi connectivity index (χ1) is 8.52. The van der Waals surface area contributed by atoms with E-state index >= 15 is 0 Å². The summed E-state index contributed by atoms with van der Waals surface area (Å²) in [6.45, 7) is -1.02. The van der Waals surface area contributed by atoms with E-state index in [2.05, 4.69) is 5.32 Å². The molecule has 6 nitrogen and oxygen atoms in total. The standard InChI is InChI=1S/C11H12ClNO5/c12-7-1-3-8(4-2-7)18-6-10(15)13-9(5-14)11(16)17/h1-4,9,14H,5-6H2,(H,13,15)(H,16,17)/t9-/m0/s1. The number of aliphatic hydroxyl groups is 1. The summed E-state index contributed by atoms with van der Waals surface area (Å²) >= 11 is 5.67. The van der Waals surface area contributed by atoms with E-state index in [0.29, 0.717) is 10.8 Å². The van der Waals surface area contributed by atoms with Crippen LogP contribution in [0, 0.1) is 0 Å². The molecule has 18 heavy (non-hydrogen) atoms. The predicted octanol–water partition coefficient (Wildman–Crippen LogP) is 0.280. The molecule has 0 aromatic heterocycles. The first-order valence-corrected chi connectivity index (χ1v) is 5.42. The summed E-state index contributed by atoms with van der Waals surface area (Å²) in [7, 11) is 0. The van der Waals surface area contributed by atoms with Gasteiger partial charge in [-0.05, 0) is 24.3 Å². The molecule has 0 saturated carbocycles. The molecule has 0 fully saturated rings. The maximum atomic E-state index is 11.3. The van der Waals surface area contributed by atoms with Crippen LogP contribution in [-0.2, 0) is 9.59 Å². The highest BCUT2D eigenvalue weighted by Crippen LogP contribution is 2.15. The average Bonchev–Trinajstić information content (AvgIpc) is 2.35. The van der Waals surface area contributed by atoms with Crippen LogP contribution in [0.3, 0.4) is 0 Å². The Morgan fingerprint density at radius 2 is 1.94 bits per heavy atom. The molecule has 1 rings (SSSR count). The van der Waals surface area contributed by atoms with E-state index in [0.717, 1.165) is 0 Å². The van der Waals surface area contributed by atoms with Crippen molar-refractivity contribution in [2.24, 2.45) is 0 Å². The monoisotopic (exact) mass is 273 g/mol. The molecule has 0 spiro atoms. The molecule has 0 bridgehead atoms. The SMILES string of the molecule is O=C(COc1ccc(Cl)cc1)N[C@@H](CO)C(=O)O. The molecule has 1 aromatic rings. The quantitative estimate of drug-likeness (QED) is 0.692. The predicted molar refractivity (Wildman–Crippen MR) is 63.6 cm³/mol. The molecule has 0 aliphatic heterocycles. The van der Waals surface area contributed by atoms with Crippen molar-refractivity contribution in [1.82, 2.24) is 5.32 Å². The Labute approximate surface area is 108 Å². The van der Waals surface area contributed by atoms with E-state index in [1.54, 1.807) is 24.3 Å². The second kappa shape index (κ2) is 6.83. The van der Waals surface area contributed by atoms with Crippen LogP contribution >= 0.6 is 11.6 Å². The molecule has 0 saturated heterocycles. The molecule has 0 aliphatic carbocycles. The van der Waals surface area contributed by atoms with E-state index < -0.39 is 24.5 Å². The van der Waals surface area contributed by atoms with Gasteiger partial charge < -0.3 is 20.3 Å². The van der Waals surface area contributed by atoms with Crippen molar-refractivity contribution >= 4 is 23.5 Å². The van der Waals surface area contributed by atoms with Gasteiger partial charge >= 0.3 is 5.97 Å². The van der Waals surface area contributed by atoms with E-state index in [-0.39, 0.29) is 6.61 Å². The molecule has 3 N–H and O–H groups in total. The average molecular weight is 274 g/mol. The van der Waals surface area contributed by atoms with Gasteiger partial charge in [0.15, 0.2) is 6.61 Å². The van der Waals surface area contributed by atoms with Gasteiger partial charge in [0.2, 0.25) is 0 Å². The topological polar surface area (TPSA) is 95.9 Å². The highest BCUT2D eigenvalue weighted by atomic mass is 35.5. The van der Waals surface area contributed by atoms with Gasteiger partial charge in [-0.15, -0.1) is 0 Å². The van der Waals surface area contributed by atoms with Crippen LogP contribution in [0.5, 0.6) is 5.75 Å². The second-order valence-electron chi connectivity index (χ2n) is 3.38. The zero-order valence-electron chi connectivity index (χ0n) is 9.30. The normalized spacial score (nSPS) is 11.7. The minimum Gasteiger partial charge on any atom is -0.484 e. The van der Waals surface area contributed by atoms with E-state index in [4.69, 9.17) is 26.6 Å². The number of benzene rings is 1. The van der Waals surface area contributed by atoms with Crippen LogP contribution in [0.2, 0.25) is 5.02 Å². The summed E-state index contributed by atoms with van der Waals surface area (Å²) in [5.41, 5.74) is 0. The third-order valence-corrected chi connectivity index (χ3v) is 2.25. The highest BCUT2D eigenvalue weighted by molar-refractivity contribution is 6.30. The van der Waals surface area contributed by atoms with Crippen LogP contribution in [0.25, 0.3) is 0 Å². The Bertz CT molecular complexity index is 420. The third-order valence-electron chi connectivity index (χ3n) is 2.00. The molecule has 0 radical (unpaired) electrons. The number of halogens is 1. The Balaban J connectivity index is 2.41. The number of hydrogen-bond donors (Lipinski definition) is 3. The van der Waals surface area contributed by atoms with Gasteiger partial charge in [0.25, 0.3) is 5.91 Å².